The lowest BCUT2D eigenvalue weighted by Gasteiger charge is -2.09. The van der Waals surface area contributed by atoms with Gasteiger partial charge in [-0.1, -0.05) is 6.92 Å². The number of aromatic nitrogens is 2. The zero-order valence-electron chi connectivity index (χ0n) is 9.33. The van der Waals surface area contributed by atoms with Crippen molar-refractivity contribution in [3.8, 4) is 5.69 Å². The van der Waals surface area contributed by atoms with Crippen LogP contribution in [-0.4, -0.2) is 14.5 Å². The first-order valence-electron chi connectivity index (χ1n) is 5.20. The number of imidazole rings is 1. The Labute approximate surface area is 97.9 Å². The summed E-state index contributed by atoms with van der Waals surface area (Å²) in [5.41, 5.74) is 6.89. The summed E-state index contributed by atoms with van der Waals surface area (Å²) in [5.74, 6) is 0.866. The van der Waals surface area contributed by atoms with E-state index in [-0.39, 0.29) is 5.69 Å². The van der Waals surface area contributed by atoms with E-state index in [2.05, 4.69) is 4.98 Å². The highest BCUT2D eigenvalue weighted by molar-refractivity contribution is 5.62. The van der Waals surface area contributed by atoms with Crippen molar-refractivity contribution in [1.82, 2.24) is 9.55 Å². The molecule has 0 aliphatic carbocycles. The average Bonchev–Trinajstić information content (AvgIpc) is 2.76. The summed E-state index contributed by atoms with van der Waals surface area (Å²) in [4.78, 5) is 14.3. The van der Waals surface area contributed by atoms with Crippen molar-refractivity contribution in [1.29, 1.82) is 0 Å². The number of nitro groups is 1. The standard InChI is InChI=1S/C11H12N4O2/c1-2-11-13-5-6-14(11)10-4-3-8(15(16)17)7-9(10)12/h3-7H,2,12H2,1H3. The van der Waals surface area contributed by atoms with Gasteiger partial charge >= 0.3 is 0 Å². The first kappa shape index (κ1) is 11.1. The summed E-state index contributed by atoms with van der Waals surface area (Å²) in [7, 11) is 0. The van der Waals surface area contributed by atoms with E-state index in [4.69, 9.17) is 5.73 Å². The summed E-state index contributed by atoms with van der Waals surface area (Å²) in [6.45, 7) is 1.99. The molecule has 2 aromatic rings. The molecule has 0 fully saturated rings. The number of rotatable bonds is 3. The van der Waals surface area contributed by atoms with Crippen LogP contribution in [0.4, 0.5) is 11.4 Å². The molecule has 0 aliphatic rings. The van der Waals surface area contributed by atoms with E-state index < -0.39 is 4.92 Å². The lowest BCUT2D eigenvalue weighted by molar-refractivity contribution is -0.384. The number of non-ortho nitro benzene ring substituents is 1. The van der Waals surface area contributed by atoms with Gasteiger partial charge in [0.05, 0.1) is 16.3 Å². The van der Waals surface area contributed by atoms with Gasteiger partial charge in [-0.3, -0.25) is 10.1 Å². The van der Waals surface area contributed by atoms with E-state index >= 15 is 0 Å². The van der Waals surface area contributed by atoms with Gasteiger partial charge in [-0.15, -0.1) is 0 Å². The fraction of sp³-hybridized carbons (Fsp3) is 0.182. The van der Waals surface area contributed by atoms with E-state index in [0.717, 1.165) is 12.2 Å². The lowest BCUT2D eigenvalue weighted by Crippen LogP contribution is -2.03. The van der Waals surface area contributed by atoms with Crippen LogP contribution in [0.2, 0.25) is 0 Å². The Kier molecular flexibility index (Phi) is 2.78. The number of benzene rings is 1. The summed E-state index contributed by atoms with van der Waals surface area (Å²) >= 11 is 0. The molecular formula is C11H12N4O2. The average molecular weight is 232 g/mol. The minimum absolute atomic E-state index is 0.00980. The number of nitrogens with zero attached hydrogens (tertiary/aromatic N) is 3. The Bertz CT molecular complexity index is 562. The fourth-order valence-electron chi connectivity index (χ4n) is 1.69. The monoisotopic (exact) mass is 232 g/mol. The fourth-order valence-corrected chi connectivity index (χ4v) is 1.69. The summed E-state index contributed by atoms with van der Waals surface area (Å²) in [6, 6.07) is 4.42. The zero-order valence-corrected chi connectivity index (χ0v) is 9.33. The molecule has 0 amide bonds. The first-order chi connectivity index (χ1) is 8.13. The van der Waals surface area contributed by atoms with Crippen LogP contribution >= 0.6 is 0 Å². The van der Waals surface area contributed by atoms with E-state index in [1.807, 2.05) is 11.5 Å². The number of anilines is 1. The van der Waals surface area contributed by atoms with Gasteiger partial charge in [0.1, 0.15) is 5.82 Å². The molecule has 0 spiro atoms. The molecule has 2 N–H and O–H groups in total. The van der Waals surface area contributed by atoms with Crippen LogP contribution in [0.5, 0.6) is 0 Å². The molecule has 2 rings (SSSR count). The largest absolute Gasteiger partial charge is 0.397 e. The van der Waals surface area contributed by atoms with Crippen LogP contribution in [-0.2, 0) is 6.42 Å². The molecule has 0 atom stereocenters. The maximum absolute atomic E-state index is 10.6. The van der Waals surface area contributed by atoms with Gasteiger partial charge in [0.2, 0.25) is 0 Å². The highest BCUT2D eigenvalue weighted by atomic mass is 16.6. The van der Waals surface area contributed by atoms with Crippen LogP contribution in [0.15, 0.2) is 30.6 Å². The van der Waals surface area contributed by atoms with Crippen molar-refractivity contribution >= 4 is 11.4 Å². The van der Waals surface area contributed by atoms with Crippen LogP contribution in [0, 0.1) is 10.1 Å². The molecule has 0 saturated heterocycles. The molecule has 1 aromatic carbocycles. The number of nitrogen functional groups attached to an aromatic ring is 1. The molecular weight excluding hydrogens is 220 g/mol. The predicted octanol–water partition coefficient (Wildman–Crippen LogP) is 1.93. The summed E-state index contributed by atoms with van der Waals surface area (Å²) in [5, 5.41) is 10.6. The van der Waals surface area contributed by atoms with Crippen LogP contribution < -0.4 is 5.73 Å². The molecule has 1 aromatic heterocycles. The number of aryl methyl sites for hydroxylation is 1. The Morgan fingerprint density at radius 1 is 1.53 bits per heavy atom. The van der Waals surface area contributed by atoms with Crippen LogP contribution in [0.3, 0.4) is 0 Å². The summed E-state index contributed by atoms with van der Waals surface area (Å²) in [6.07, 6.45) is 4.24. The van der Waals surface area contributed by atoms with E-state index in [0.29, 0.717) is 11.4 Å². The van der Waals surface area contributed by atoms with Crippen molar-refractivity contribution in [2.45, 2.75) is 13.3 Å². The summed E-state index contributed by atoms with van der Waals surface area (Å²) < 4.78 is 1.83. The van der Waals surface area contributed by atoms with Crippen molar-refractivity contribution in [2.24, 2.45) is 0 Å². The van der Waals surface area contributed by atoms with Crippen molar-refractivity contribution < 1.29 is 4.92 Å². The Morgan fingerprint density at radius 2 is 2.29 bits per heavy atom. The van der Waals surface area contributed by atoms with Crippen molar-refractivity contribution in [3.63, 3.8) is 0 Å². The maximum atomic E-state index is 10.6. The van der Waals surface area contributed by atoms with E-state index in [9.17, 15) is 10.1 Å². The Balaban J connectivity index is 2.50. The molecule has 6 nitrogen and oxygen atoms in total. The topological polar surface area (TPSA) is 87.0 Å². The Hall–Kier alpha value is -2.37. The van der Waals surface area contributed by atoms with Gasteiger partial charge in [0.15, 0.2) is 0 Å². The van der Waals surface area contributed by atoms with Gasteiger partial charge in [-0.2, -0.15) is 0 Å². The third kappa shape index (κ3) is 1.96. The highest BCUT2D eigenvalue weighted by Crippen LogP contribution is 2.24. The second-order valence-electron chi connectivity index (χ2n) is 3.57. The number of nitrogens with two attached hydrogens (primary N) is 1. The van der Waals surface area contributed by atoms with Gasteiger partial charge in [-0.05, 0) is 6.07 Å². The quantitative estimate of drug-likeness (QED) is 0.497. The minimum atomic E-state index is -0.464. The molecule has 88 valence electrons. The second-order valence-corrected chi connectivity index (χ2v) is 3.57. The predicted molar refractivity (Wildman–Crippen MR) is 64.0 cm³/mol. The molecule has 0 aliphatic heterocycles. The van der Waals surface area contributed by atoms with Crippen LogP contribution in [0.1, 0.15) is 12.7 Å². The lowest BCUT2D eigenvalue weighted by atomic mass is 10.2. The Morgan fingerprint density at radius 3 is 2.88 bits per heavy atom. The molecule has 6 heteroatoms. The molecule has 17 heavy (non-hydrogen) atoms. The van der Waals surface area contributed by atoms with Gasteiger partial charge < -0.3 is 10.3 Å². The number of nitro benzene ring substituents is 1. The highest BCUT2D eigenvalue weighted by Gasteiger charge is 2.11. The second kappa shape index (κ2) is 4.25. The third-order valence-electron chi connectivity index (χ3n) is 2.52. The molecule has 0 unspecified atom stereocenters. The van der Waals surface area contributed by atoms with Gasteiger partial charge in [0.25, 0.3) is 5.69 Å². The van der Waals surface area contributed by atoms with E-state index in [1.54, 1.807) is 18.5 Å². The minimum Gasteiger partial charge on any atom is -0.397 e. The normalized spacial score (nSPS) is 10.4. The number of hydrogen-bond acceptors (Lipinski definition) is 4. The molecule has 1 heterocycles. The van der Waals surface area contributed by atoms with Gasteiger partial charge in [-0.25, -0.2) is 4.98 Å². The molecule has 0 saturated carbocycles. The number of hydrogen-bond donors (Lipinski definition) is 1. The molecule has 0 radical (unpaired) electrons. The first-order valence-corrected chi connectivity index (χ1v) is 5.20. The maximum Gasteiger partial charge on any atom is 0.271 e. The van der Waals surface area contributed by atoms with Crippen LogP contribution in [0.25, 0.3) is 5.69 Å². The smallest absolute Gasteiger partial charge is 0.271 e. The van der Waals surface area contributed by atoms with Crippen molar-refractivity contribution in [2.75, 3.05) is 5.73 Å². The SMILES string of the molecule is CCc1nccn1-c1ccc([N+](=O)[O-])cc1N. The van der Waals surface area contributed by atoms with Crippen molar-refractivity contribution in [3.05, 3.63) is 46.5 Å². The third-order valence-corrected chi connectivity index (χ3v) is 2.52. The molecule has 0 bridgehead atoms. The van der Waals surface area contributed by atoms with Gasteiger partial charge in [0, 0.05) is 30.9 Å². The van der Waals surface area contributed by atoms with E-state index in [1.165, 1.54) is 12.1 Å². The zero-order chi connectivity index (χ0) is 12.4.